The van der Waals surface area contributed by atoms with Crippen LogP contribution < -0.4 is 0 Å². The van der Waals surface area contributed by atoms with Crippen LogP contribution in [0.15, 0.2) is 85.5 Å². The number of benzene rings is 2. The lowest BCUT2D eigenvalue weighted by Gasteiger charge is -2.09. The normalized spacial score (nSPS) is 10.8. The van der Waals surface area contributed by atoms with Gasteiger partial charge in [-0.15, -0.1) is 0 Å². The highest BCUT2D eigenvalue weighted by molar-refractivity contribution is 5.76. The van der Waals surface area contributed by atoms with Crippen LogP contribution in [0.3, 0.4) is 0 Å². The van der Waals surface area contributed by atoms with Crippen molar-refractivity contribution in [1.29, 1.82) is 5.26 Å². The van der Waals surface area contributed by atoms with Crippen LogP contribution in [-0.4, -0.2) is 19.4 Å². The summed E-state index contributed by atoms with van der Waals surface area (Å²) >= 11 is 0. The van der Waals surface area contributed by atoms with Gasteiger partial charge in [-0.25, -0.2) is 14.4 Å². The zero-order valence-electron chi connectivity index (χ0n) is 15.7. The Kier molecular flexibility index (Phi) is 4.26. The maximum atomic E-state index is 14.6. The van der Waals surface area contributed by atoms with Crippen molar-refractivity contribution in [2.24, 2.45) is 0 Å². The number of pyridine rings is 1. The molecule has 5 rings (SSSR count). The van der Waals surface area contributed by atoms with Gasteiger partial charge in [0.2, 0.25) is 5.78 Å². The molecule has 0 fully saturated rings. The van der Waals surface area contributed by atoms with Crippen LogP contribution in [0.4, 0.5) is 4.39 Å². The van der Waals surface area contributed by atoms with Crippen molar-refractivity contribution in [2.45, 2.75) is 0 Å². The SMILES string of the molecule is N#Cc1ccccc1-c1cc(-c2cnc3nc(-c4cccnc4)ccn23)ccc1F. The largest absolute Gasteiger partial charge is 0.284 e. The maximum Gasteiger partial charge on any atom is 0.234 e. The van der Waals surface area contributed by atoms with Gasteiger partial charge in [-0.3, -0.25) is 9.38 Å². The molecule has 0 spiro atoms. The third-order valence-electron chi connectivity index (χ3n) is 4.94. The van der Waals surface area contributed by atoms with Gasteiger partial charge in [-0.1, -0.05) is 18.2 Å². The van der Waals surface area contributed by atoms with Crippen LogP contribution in [0.25, 0.3) is 39.4 Å². The van der Waals surface area contributed by atoms with Crippen molar-refractivity contribution < 1.29 is 4.39 Å². The van der Waals surface area contributed by atoms with E-state index < -0.39 is 0 Å². The van der Waals surface area contributed by atoms with Crippen LogP contribution in [0.5, 0.6) is 0 Å². The summed E-state index contributed by atoms with van der Waals surface area (Å²) in [6.07, 6.45) is 7.07. The molecule has 0 saturated carbocycles. The summed E-state index contributed by atoms with van der Waals surface area (Å²) in [6, 6.07) is 19.7. The van der Waals surface area contributed by atoms with Gasteiger partial charge in [0, 0.05) is 40.8 Å². The Labute approximate surface area is 171 Å². The topological polar surface area (TPSA) is 66.9 Å². The lowest BCUT2D eigenvalue weighted by molar-refractivity contribution is 0.631. The predicted octanol–water partition coefficient (Wildman–Crippen LogP) is 5.14. The molecule has 0 amide bonds. The average molecular weight is 391 g/mol. The number of aromatic nitrogens is 4. The molecule has 0 N–H and O–H groups in total. The summed E-state index contributed by atoms with van der Waals surface area (Å²) in [4.78, 5) is 13.2. The second-order valence-electron chi connectivity index (χ2n) is 6.72. The van der Waals surface area contributed by atoms with Crippen LogP contribution in [0.1, 0.15) is 5.56 Å². The van der Waals surface area contributed by atoms with E-state index in [4.69, 9.17) is 0 Å². The second kappa shape index (κ2) is 7.22. The summed E-state index contributed by atoms with van der Waals surface area (Å²) in [5.74, 6) is 0.155. The van der Waals surface area contributed by atoms with Crippen LogP contribution in [-0.2, 0) is 0 Å². The summed E-state index contributed by atoms with van der Waals surface area (Å²) in [5, 5.41) is 9.39. The van der Waals surface area contributed by atoms with Gasteiger partial charge < -0.3 is 0 Å². The average Bonchev–Trinajstić information content (AvgIpc) is 3.23. The number of hydrogen-bond donors (Lipinski definition) is 0. The second-order valence-corrected chi connectivity index (χ2v) is 6.72. The summed E-state index contributed by atoms with van der Waals surface area (Å²) in [5.41, 5.74) is 4.60. The molecule has 30 heavy (non-hydrogen) atoms. The maximum absolute atomic E-state index is 14.6. The van der Waals surface area contributed by atoms with E-state index in [9.17, 15) is 9.65 Å². The van der Waals surface area contributed by atoms with Crippen LogP contribution in [0, 0.1) is 17.1 Å². The van der Waals surface area contributed by atoms with Crippen molar-refractivity contribution in [2.75, 3.05) is 0 Å². The number of nitrogens with zero attached hydrogens (tertiary/aromatic N) is 5. The molecule has 5 aromatic rings. The van der Waals surface area contributed by atoms with Crippen LogP contribution in [0.2, 0.25) is 0 Å². The first kappa shape index (κ1) is 17.7. The Balaban J connectivity index is 1.62. The number of fused-ring (bicyclic) bond motifs is 1. The summed E-state index contributed by atoms with van der Waals surface area (Å²) in [7, 11) is 0. The van der Waals surface area contributed by atoms with Gasteiger partial charge in [0.1, 0.15) is 5.82 Å². The van der Waals surface area contributed by atoms with E-state index in [0.29, 0.717) is 22.5 Å². The summed E-state index contributed by atoms with van der Waals surface area (Å²) < 4.78 is 16.5. The minimum atomic E-state index is -0.382. The van der Waals surface area contributed by atoms with E-state index in [-0.39, 0.29) is 5.82 Å². The highest BCUT2D eigenvalue weighted by atomic mass is 19.1. The van der Waals surface area contributed by atoms with E-state index in [1.165, 1.54) is 6.07 Å². The van der Waals surface area contributed by atoms with Gasteiger partial charge in [-0.05, 0) is 42.5 Å². The molecule has 0 atom stereocenters. The molecule has 0 aliphatic heterocycles. The molecule has 2 aromatic carbocycles. The number of halogens is 1. The molecular formula is C24H14FN5. The molecule has 0 bridgehead atoms. The molecule has 3 heterocycles. The highest BCUT2D eigenvalue weighted by Gasteiger charge is 2.14. The Bertz CT molecular complexity index is 1420. The third-order valence-corrected chi connectivity index (χ3v) is 4.94. The highest BCUT2D eigenvalue weighted by Crippen LogP contribution is 2.31. The van der Waals surface area contributed by atoms with Crippen molar-refractivity contribution in [3.63, 3.8) is 0 Å². The van der Waals surface area contributed by atoms with E-state index in [1.54, 1.807) is 55.0 Å². The summed E-state index contributed by atoms with van der Waals surface area (Å²) in [6.45, 7) is 0. The Hall–Kier alpha value is -4.37. The number of hydrogen-bond acceptors (Lipinski definition) is 4. The fourth-order valence-electron chi connectivity index (χ4n) is 3.47. The van der Waals surface area contributed by atoms with Gasteiger partial charge in [0.05, 0.1) is 29.2 Å². The smallest absolute Gasteiger partial charge is 0.234 e. The molecule has 3 aromatic heterocycles. The predicted molar refractivity (Wildman–Crippen MR) is 112 cm³/mol. The van der Waals surface area contributed by atoms with Crippen molar-refractivity contribution >= 4 is 5.78 Å². The number of imidazole rings is 1. The van der Waals surface area contributed by atoms with E-state index in [2.05, 4.69) is 21.0 Å². The standard InChI is InChI=1S/C24H14FN5/c25-21-8-7-16(12-20(21)19-6-2-1-4-17(19)13-26)23-15-28-24-29-22(9-11-30(23)24)18-5-3-10-27-14-18/h1-12,14-15H. The number of nitriles is 1. The molecule has 0 radical (unpaired) electrons. The Morgan fingerprint density at radius 3 is 2.63 bits per heavy atom. The lowest BCUT2D eigenvalue weighted by atomic mass is 9.97. The van der Waals surface area contributed by atoms with Gasteiger partial charge >= 0.3 is 0 Å². The monoisotopic (exact) mass is 391 g/mol. The molecular weight excluding hydrogens is 377 g/mol. The number of rotatable bonds is 3. The third kappa shape index (κ3) is 2.99. The van der Waals surface area contributed by atoms with Gasteiger partial charge in [0.25, 0.3) is 0 Å². The molecule has 6 heteroatoms. The first-order valence-corrected chi connectivity index (χ1v) is 9.28. The van der Waals surface area contributed by atoms with Gasteiger partial charge in [0.15, 0.2) is 0 Å². The fraction of sp³-hybridized carbons (Fsp3) is 0. The Morgan fingerprint density at radius 1 is 0.900 bits per heavy atom. The minimum Gasteiger partial charge on any atom is -0.284 e. The van der Waals surface area contributed by atoms with Crippen molar-refractivity contribution in [3.05, 3.63) is 96.8 Å². The molecule has 0 aliphatic rings. The Morgan fingerprint density at radius 2 is 1.80 bits per heavy atom. The molecule has 0 aliphatic carbocycles. The zero-order valence-corrected chi connectivity index (χ0v) is 15.7. The lowest BCUT2D eigenvalue weighted by Crippen LogP contribution is -1.94. The van der Waals surface area contributed by atoms with E-state index in [0.717, 1.165) is 22.5 Å². The minimum absolute atomic E-state index is 0.375. The van der Waals surface area contributed by atoms with Crippen molar-refractivity contribution in [1.82, 2.24) is 19.4 Å². The van der Waals surface area contributed by atoms with E-state index >= 15 is 0 Å². The first-order chi connectivity index (χ1) is 14.7. The molecule has 142 valence electrons. The molecule has 0 saturated heterocycles. The zero-order chi connectivity index (χ0) is 20.5. The van der Waals surface area contributed by atoms with Gasteiger partial charge in [-0.2, -0.15) is 5.26 Å². The van der Waals surface area contributed by atoms with E-state index in [1.807, 2.05) is 28.8 Å². The van der Waals surface area contributed by atoms with Crippen molar-refractivity contribution in [3.8, 4) is 39.7 Å². The van der Waals surface area contributed by atoms with Crippen LogP contribution >= 0.6 is 0 Å². The quantitative estimate of drug-likeness (QED) is 0.427. The first-order valence-electron chi connectivity index (χ1n) is 9.28. The molecule has 5 nitrogen and oxygen atoms in total. The fourth-order valence-corrected chi connectivity index (χ4v) is 3.47. The molecule has 0 unspecified atom stereocenters.